The first-order chi connectivity index (χ1) is 12.1. The summed E-state index contributed by atoms with van der Waals surface area (Å²) in [5, 5.41) is 2.96. The topological polar surface area (TPSA) is 29.1 Å². The predicted octanol–water partition coefficient (Wildman–Crippen LogP) is 6.06. The third kappa shape index (κ3) is 4.43. The predicted molar refractivity (Wildman–Crippen MR) is 103 cm³/mol. The molecule has 0 saturated carbocycles. The van der Waals surface area contributed by atoms with E-state index in [4.69, 9.17) is 0 Å². The molecule has 0 bridgehead atoms. The lowest BCUT2D eigenvalue weighted by atomic mass is 10.0. The van der Waals surface area contributed by atoms with E-state index in [0.29, 0.717) is 15.7 Å². The zero-order valence-corrected chi connectivity index (χ0v) is 14.8. The van der Waals surface area contributed by atoms with Gasteiger partial charge in [-0.2, -0.15) is 0 Å². The van der Waals surface area contributed by atoms with E-state index in [1.807, 2.05) is 54.6 Å². The Kier molecular flexibility index (Phi) is 5.41. The monoisotopic (exact) mass is 395 g/mol. The molecule has 1 N–H and O–H groups in total. The maximum Gasteiger partial charge on any atom is 0.187 e. The number of nitrogens with one attached hydrogen (secondary N) is 1. The van der Waals surface area contributed by atoms with Crippen LogP contribution in [0.2, 0.25) is 0 Å². The van der Waals surface area contributed by atoms with Crippen LogP contribution in [0.15, 0.2) is 89.5 Å². The van der Waals surface area contributed by atoms with E-state index < -0.39 is 0 Å². The van der Waals surface area contributed by atoms with Gasteiger partial charge in [-0.1, -0.05) is 54.6 Å². The summed E-state index contributed by atoms with van der Waals surface area (Å²) in [6.07, 6.45) is 3.00. The second-order valence-electron chi connectivity index (χ2n) is 5.41. The van der Waals surface area contributed by atoms with Crippen LogP contribution in [0.3, 0.4) is 0 Å². The quantitative estimate of drug-likeness (QED) is 0.419. The molecule has 0 aliphatic rings. The Labute approximate surface area is 154 Å². The first-order valence-corrected chi connectivity index (χ1v) is 8.51. The summed E-state index contributed by atoms with van der Waals surface area (Å²) >= 11 is 3.27. The smallest absolute Gasteiger partial charge is 0.187 e. The summed E-state index contributed by atoms with van der Waals surface area (Å²) in [4.78, 5) is 12.2. The Bertz CT molecular complexity index is 905. The maximum absolute atomic E-state index is 13.0. The number of hydrogen-bond donors (Lipinski definition) is 1. The highest BCUT2D eigenvalue weighted by Crippen LogP contribution is 2.23. The summed E-state index contributed by atoms with van der Waals surface area (Å²) in [6, 6.07) is 21.8. The first-order valence-electron chi connectivity index (χ1n) is 7.71. The second-order valence-corrected chi connectivity index (χ2v) is 6.26. The van der Waals surface area contributed by atoms with E-state index in [1.54, 1.807) is 12.3 Å². The summed E-state index contributed by atoms with van der Waals surface area (Å²) in [6.45, 7) is 0. The highest BCUT2D eigenvalue weighted by Gasteiger charge is 2.03. The van der Waals surface area contributed by atoms with E-state index in [-0.39, 0.29) is 11.6 Å². The number of ketones is 1. The number of carbonyl (C=O) groups is 1. The second kappa shape index (κ2) is 7.90. The third-order valence-corrected chi connectivity index (χ3v) is 4.34. The Morgan fingerprint density at radius 1 is 0.920 bits per heavy atom. The van der Waals surface area contributed by atoms with Crippen LogP contribution in [-0.4, -0.2) is 5.78 Å². The van der Waals surface area contributed by atoms with Crippen LogP contribution in [0.5, 0.6) is 0 Å². The highest BCUT2D eigenvalue weighted by molar-refractivity contribution is 9.10. The van der Waals surface area contributed by atoms with Crippen LogP contribution >= 0.6 is 15.9 Å². The molecule has 0 atom stereocenters. The molecule has 3 aromatic rings. The van der Waals surface area contributed by atoms with Gasteiger partial charge in [-0.15, -0.1) is 0 Å². The van der Waals surface area contributed by atoms with Crippen LogP contribution in [-0.2, 0) is 0 Å². The van der Waals surface area contributed by atoms with Crippen LogP contribution < -0.4 is 5.32 Å². The molecule has 0 saturated heterocycles. The van der Waals surface area contributed by atoms with Gasteiger partial charge in [-0.3, -0.25) is 4.79 Å². The van der Waals surface area contributed by atoms with Gasteiger partial charge in [0.05, 0.1) is 5.69 Å². The molecule has 0 radical (unpaired) electrons. The molecule has 4 heteroatoms. The Morgan fingerprint density at radius 3 is 2.28 bits per heavy atom. The van der Waals surface area contributed by atoms with Crippen molar-refractivity contribution in [1.29, 1.82) is 0 Å². The van der Waals surface area contributed by atoms with Crippen LogP contribution in [0.4, 0.5) is 10.1 Å². The molecule has 0 heterocycles. The van der Waals surface area contributed by atoms with Gasteiger partial charge in [-0.25, -0.2) is 4.39 Å². The fourth-order valence-corrected chi connectivity index (χ4v) is 2.83. The van der Waals surface area contributed by atoms with E-state index in [0.717, 1.165) is 11.1 Å². The minimum Gasteiger partial charge on any atom is -0.361 e. The van der Waals surface area contributed by atoms with Crippen molar-refractivity contribution in [1.82, 2.24) is 0 Å². The van der Waals surface area contributed by atoms with Gasteiger partial charge in [0.2, 0.25) is 0 Å². The number of allylic oxidation sites excluding steroid dienone is 1. The molecule has 0 aliphatic carbocycles. The lowest BCUT2D eigenvalue weighted by Gasteiger charge is -2.04. The molecule has 25 heavy (non-hydrogen) atoms. The molecule has 0 fully saturated rings. The summed E-state index contributed by atoms with van der Waals surface area (Å²) in [7, 11) is 0. The summed E-state index contributed by atoms with van der Waals surface area (Å²) < 4.78 is 13.6. The van der Waals surface area contributed by atoms with Gasteiger partial charge in [0, 0.05) is 22.3 Å². The molecule has 0 aromatic heterocycles. The number of rotatable bonds is 5. The number of halogens is 2. The zero-order valence-electron chi connectivity index (χ0n) is 13.2. The minimum atomic E-state index is -0.323. The molecule has 2 nitrogen and oxygen atoms in total. The molecule has 0 aliphatic heterocycles. The number of hydrogen-bond acceptors (Lipinski definition) is 2. The number of benzene rings is 3. The van der Waals surface area contributed by atoms with Crippen molar-refractivity contribution in [3.63, 3.8) is 0 Å². The Hall–Kier alpha value is -2.72. The lowest BCUT2D eigenvalue weighted by Crippen LogP contribution is -1.96. The van der Waals surface area contributed by atoms with E-state index >= 15 is 0 Å². The molecule has 124 valence electrons. The van der Waals surface area contributed by atoms with Gasteiger partial charge in [-0.05, 0) is 45.3 Å². The number of carbonyl (C=O) groups excluding carboxylic acids is 1. The van der Waals surface area contributed by atoms with Crippen molar-refractivity contribution >= 4 is 27.4 Å². The van der Waals surface area contributed by atoms with Crippen molar-refractivity contribution in [2.24, 2.45) is 0 Å². The average molecular weight is 396 g/mol. The summed E-state index contributed by atoms with van der Waals surface area (Å²) in [5.41, 5.74) is 3.47. The van der Waals surface area contributed by atoms with Crippen molar-refractivity contribution in [2.75, 3.05) is 5.32 Å². The molecular formula is C21H15BrFNO. The van der Waals surface area contributed by atoms with Crippen molar-refractivity contribution in [3.05, 3.63) is 101 Å². The van der Waals surface area contributed by atoms with Gasteiger partial charge in [0.1, 0.15) is 5.82 Å². The number of anilines is 1. The van der Waals surface area contributed by atoms with E-state index in [1.165, 1.54) is 18.2 Å². The van der Waals surface area contributed by atoms with E-state index in [2.05, 4.69) is 21.2 Å². The molecule has 3 rings (SSSR count). The molecule has 0 unspecified atom stereocenters. The van der Waals surface area contributed by atoms with Gasteiger partial charge >= 0.3 is 0 Å². The molecule has 0 spiro atoms. The molecule has 0 amide bonds. The molecule has 3 aromatic carbocycles. The van der Waals surface area contributed by atoms with Gasteiger partial charge in [0.15, 0.2) is 5.78 Å². The van der Waals surface area contributed by atoms with Crippen LogP contribution in [0.1, 0.15) is 10.4 Å². The van der Waals surface area contributed by atoms with Gasteiger partial charge in [0.25, 0.3) is 0 Å². The fraction of sp³-hybridized carbons (Fsp3) is 0. The van der Waals surface area contributed by atoms with Crippen LogP contribution in [0.25, 0.3) is 11.1 Å². The summed E-state index contributed by atoms with van der Waals surface area (Å²) in [5.74, 6) is -0.429. The largest absolute Gasteiger partial charge is 0.361 e. The third-order valence-electron chi connectivity index (χ3n) is 3.68. The highest BCUT2D eigenvalue weighted by atomic mass is 79.9. The SMILES string of the molecule is O=C(/C=C/Nc1ccc(F)cc1Br)c1ccc(-c2ccccc2)cc1. The van der Waals surface area contributed by atoms with Crippen LogP contribution in [0, 0.1) is 5.82 Å². The zero-order chi connectivity index (χ0) is 17.6. The standard InChI is InChI=1S/C21H15BrFNO/c22-19-14-18(23)10-11-20(19)24-13-12-21(25)17-8-6-16(7-9-17)15-4-2-1-3-5-15/h1-14,24H/b13-12+. The van der Waals surface area contributed by atoms with Crippen molar-refractivity contribution in [2.45, 2.75) is 0 Å². The average Bonchev–Trinajstić information content (AvgIpc) is 2.64. The minimum absolute atomic E-state index is 0.106. The molecular weight excluding hydrogens is 381 g/mol. The first kappa shape index (κ1) is 17.1. The van der Waals surface area contributed by atoms with Gasteiger partial charge < -0.3 is 5.32 Å². The lowest BCUT2D eigenvalue weighted by molar-refractivity contribution is 0.104. The maximum atomic E-state index is 13.0. The Balaban J connectivity index is 1.67. The van der Waals surface area contributed by atoms with Crippen molar-refractivity contribution < 1.29 is 9.18 Å². The van der Waals surface area contributed by atoms with Crippen molar-refractivity contribution in [3.8, 4) is 11.1 Å². The Morgan fingerprint density at radius 2 is 1.60 bits per heavy atom. The normalized spacial score (nSPS) is 10.8. The van der Waals surface area contributed by atoms with E-state index in [9.17, 15) is 9.18 Å². The fourth-order valence-electron chi connectivity index (χ4n) is 2.37.